The highest BCUT2D eigenvalue weighted by atomic mass is 35.5. The lowest BCUT2D eigenvalue weighted by Gasteiger charge is -2.25. The van der Waals surface area contributed by atoms with Crippen molar-refractivity contribution >= 4 is 21.6 Å². The van der Waals surface area contributed by atoms with Crippen LogP contribution in [0.15, 0.2) is 17.0 Å². The molecule has 102 valence electrons. The van der Waals surface area contributed by atoms with Gasteiger partial charge in [-0.1, -0.05) is 32.4 Å². The molecule has 0 fully saturated rings. The lowest BCUT2D eigenvalue weighted by atomic mass is 9.86. The summed E-state index contributed by atoms with van der Waals surface area (Å²) in [6.45, 7) is 8.14. The van der Waals surface area contributed by atoms with E-state index >= 15 is 0 Å². The molecule has 1 aromatic rings. The summed E-state index contributed by atoms with van der Waals surface area (Å²) >= 11 is 6.18. The molecule has 6 heteroatoms. The van der Waals surface area contributed by atoms with Crippen LogP contribution in [0.5, 0.6) is 5.75 Å². The van der Waals surface area contributed by atoms with Crippen LogP contribution in [-0.2, 0) is 15.4 Å². The first-order valence-electron chi connectivity index (χ1n) is 5.57. The lowest BCUT2D eigenvalue weighted by molar-refractivity contribution is 0.329. The second kappa shape index (κ2) is 5.07. The van der Waals surface area contributed by atoms with Crippen LogP contribution < -0.4 is 9.88 Å². The van der Waals surface area contributed by atoms with E-state index in [1.165, 1.54) is 6.07 Å². The Morgan fingerprint density at radius 3 is 2.28 bits per heavy atom. The van der Waals surface area contributed by atoms with Gasteiger partial charge in [-0.25, -0.2) is 13.6 Å². The molecule has 0 amide bonds. The van der Waals surface area contributed by atoms with Crippen LogP contribution in [0.1, 0.15) is 33.3 Å². The number of sulfonamides is 1. The van der Waals surface area contributed by atoms with E-state index in [-0.39, 0.29) is 15.3 Å². The molecule has 0 aliphatic carbocycles. The minimum Gasteiger partial charge on any atom is -0.494 e. The largest absolute Gasteiger partial charge is 0.494 e. The fourth-order valence-corrected chi connectivity index (χ4v) is 3.11. The molecule has 0 aliphatic heterocycles. The van der Waals surface area contributed by atoms with Crippen LogP contribution in [0, 0.1) is 0 Å². The highest BCUT2D eigenvalue weighted by Crippen LogP contribution is 2.40. The molecule has 0 aliphatic rings. The molecule has 0 unspecified atom stereocenters. The average molecular weight is 292 g/mol. The average Bonchev–Trinajstić information content (AvgIpc) is 2.13. The van der Waals surface area contributed by atoms with Crippen molar-refractivity contribution in [2.75, 3.05) is 6.61 Å². The normalized spacial score (nSPS) is 12.6. The van der Waals surface area contributed by atoms with Gasteiger partial charge in [0.25, 0.3) is 0 Å². The Labute approximate surface area is 113 Å². The van der Waals surface area contributed by atoms with Crippen molar-refractivity contribution in [1.82, 2.24) is 0 Å². The molecule has 0 bridgehead atoms. The van der Waals surface area contributed by atoms with Crippen LogP contribution >= 0.6 is 11.6 Å². The van der Waals surface area contributed by atoms with E-state index in [4.69, 9.17) is 21.5 Å². The van der Waals surface area contributed by atoms with Gasteiger partial charge in [0.05, 0.1) is 11.6 Å². The van der Waals surface area contributed by atoms with Gasteiger partial charge in [-0.2, -0.15) is 0 Å². The summed E-state index contributed by atoms with van der Waals surface area (Å²) < 4.78 is 28.4. The van der Waals surface area contributed by atoms with Gasteiger partial charge < -0.3 is 4.74 Å². The molecule has 1 aromatic carbocycles. The van der Waals surface area contributed by atoms with Crippen LogP contribution in [0.3, 0.4) is 0 Å². The second-order valence-electron chi connectivity index (χ2n) is 4.98. The number of hydrogen-bond donors (Lipinski definition) is 1. The SMILES string of the molecule is CCOc1ccc(S(N)(=O)=O)c(Cl)c1C(C)(C)C. The van der Waals surface area contributed by atoms with Gasteiger partial charge in [-0.15, -0.1) is 0 Å². The maximum Gasteiger partial charge on any atom is 0.239 e. The molecule has 0 radical (unpaired) electrons. The highest BCUT2D eigenvalue weighted by molar-refractivity contribution is 7.89. The first-order valence-corrected chi connectivity index (χ1v) is 7.50. The van der Waals surface area contributed by atoms with Gasteiger partial charge in [0.2, 0.25) is 10.0 Å². The molecular weight excluding hydrogens is 274 g/mol. The molecule has 0 aromatic heterocycles. The number of benzene rings is 1. The fraction of sp³-hybridized carbons (Fsp3) is 0.500. The maximum absolute atomic E-state index is 11.5. The molecule has 1 rings (SSSR count). The summed E-state index contributed by atoms with van der Waals surface area (Å²) in [5.41, 5.74) is 0.306. The van der Waals surface area contributed by atoms with Gasteiger partial charge in [-0.3, -0.25) is 0 Å². The Morgan fingerprint density at radius 2 is 1.89 bits per heavy atom. The number of rotatable bonds is 3. The minimum atomic E-state index is -3.84. The van der Waals surface area contributed by atoms with E-state index in [1.54, 1.807) is 6.07 Å². The number of hydrogen-bond acceptors (Lipinski definition) is 3. The van der Waals surface area contributed by atoms with Crippen molar-refractivity contribution in [3.8, 4) is 5.75 Å². The van der Waals surface area contributed by atoms with Crippen molar-refractivity contribution in [1.29, 1.82) is 0 Å². The third-order valence-electron chi connectivity index (χ3n) is 2.42. The molecule has 0 saturated heterocycles. The zero-order chi connectivity index (χ0) is 14.1. The Kier molecular flexibility index (Phi) is 4.30. The first kappa shape index (κ1) is 15.3. The Hall–Kier alpha value is -0.780. The molecule has 0 saturated carbocycles. The summed E-state index contributed by atoms with van der Waals surface area (Å²) in [5.74, 6) is 0.586. The van der Waals surface area contributed by atoms with E-state index in [2.05, 4.69) is 0 Å². The van der Waals surface area contributed by atoms with Crippen molar-refractivity contribution in [2.45, 2.75) is 38.0 Å². The third kappa shape index (κ3) is 3.16. The quantitative estimate of drug-likeness (QED) is 0.931. The summed E-state index contributed by atoms with van der Waals surface area (Å²) in [5, 5.41) is 5.28. The first-order chi connectivity index (χ1) is 8.09. The number of nitrogens with two attached hydrogens (primary N) is 1. The predicted molar refractivity (Wildman–Crippen MR) is 72.7 cm³/mol. The van der Waals surface area contributed by atoms with E-state index in [0.717, 1.165) is 0 Å². The minimum absolute atomic E-state index is 0.0717. The van der Waals surface area contributed by atoms with Crippen LogP contribution in [0.25, 0.3) is 0 Å². The van der Waals surface area contributed by atoms with Crippen LogP contribution in [0.2, 0.25) is 5.02 Å². The molecular formula is C12H18ClNO3S. The monoisotopic (exact) mass is 291 g/mol. The topological polar surface area (TPSA) is 69.4 Å². The number of halogens is 1. The maximum atomic E-state index is 11.5. The summed E-state index contributed by atoms with van der Waals surface area (Å²) in [4.78, 5) is -0.0717. The van der Waals surface area contributed by atoms with Gasteiger partial charge in [-0.05, 0) is 24.5 Å². The zero-order valence-corrected chi connectivity index (χ0v) is 12.5. The van der Waals surface area contributed by atoms with Gasteiger partial charge >= 0.3 is 0 Å². The number of primary sulfonamides is 1. The Morgan fingerprint density at radius 1 is 1.33 bits per heavy atom. The molecule has 2 N–H and O–H groups in total. The highest BCUT2D eigenvalue weighted by Gasteiger charge is 2.27. The fourth-order valence-electron chi connectivity index (χ4n) is 1.73. The van der Waals surface area contributed by atoms with E-state index in [1.807, 2.05) is 27.7 Å². The standard InChI is InChI=1S/C12H18ClNO3S/c1-5-17-8-6-7-9(18(14,15)16)11(13)10(8)12(2,3)4/h6-7H,5H2,1-4H3,(H2,14,15,16). The summed E-state index contributed by atoms with van der Waals surface area (Å²) in [7, 11) is -3.84. The zero-order valence-electron chi connectivity index (χ0n) is 11.0. The Bertz CT molecular complexity index is 547. The molecule has 0 heterocycles. The molecule has 0 spiro atoms. The lowest BCUT2D eigenvalue weighted by Crippen LogP contribution is -2.18. The van der Waals surface area contributed by atoms with Crippen molar-refractivity contribution < 1.29 is 13.2 Å². The third-order valence-corrected chi connectivity index (χ3v) is 3.88. The Balaban J connectivity index is 3.61. The number of ether oxygens (including phenoxy) is 1. The molecule has 18 heavy (non-hydrogen) atoms. The van der Waals surface area contributed by atoms with Gasteiger partial charge in [0.1, 0.15) is 10.6 Å². The van der Waals surface area contributed by atoms with E-state index in [9.17, 15) is 8.42 Å². The predicted octanol–water partition coefficient (Wildman–Crippen LogP) is 2.68. The van der Waals surface area contributed by atoms with Crippen LogP contribution in [-0.4, -0.2) is 15.0 Å². The van der Waals surface area contributed by atoms with Gasteiger partial charge in [0.15, 0.2) is 0 Å². The van der Waals surface area contributed by atoms with E-state index in [0.29, 0.717) is 17.9 Å². The summed E-state index contributed by atoms with van der Waals surface area (Å²) in [6, 6.07) is 2.97. The van der Waals surface area contributed by atoms with Gasteiger partial charge in [0, 0.05) is 5.56 Å². The summed E-state index contributed by atoms with van der Waals surface area (Å²) in [6.07, 6.45) is 0. The second-order valence-corrected chi connectivity index (χ2v) is 6.89. The van der Waals surface area contributed by atoms with E-state index < -0.39 is 10.0 Å². The molecule has 4 nitrogen and oxygen atoms in total. The smallest absolute Gasteiger partial charge is 0.239 e. The van der Waals surface area contributed by atoms with Crippen molar-refractivity contribution in [3.05, 3.63) is 22.7 Å². The van der Waals surface area contributed by atoms with Crippen molar-refractivity contribution in [3.63, 3.8) is 0 Å². The van der Waals surface area contributed by atoms with Crippen LogP contribution in [0.4, 0.5) is 0 Å². The van der Waals surface area contributed by atoms with Crippen molar-refractivity contribution in [2.24, 2.45) is 5.14 Å². The molecule has 0 atom stereocenters.